The van der Waals surface area contributed by atoms with Gasteiger partial charge in [0.1, 0.15) is 0 Å². The normalized spacial score (nSPS) is 11.5. The third-order valence-corrected chi connectivity index (χ3v) is 1.65. The Morgan fingerprint density at radius 3 is 1.08 bits per heavy atom. The summed E-state index contributed by atoms with van der Waals surface area (Å²) >= 11 is 0. The van der Waals surface area contributed by atoms with Crippen molar-refractivity contribution in [3.05, 3.63) is 0 Å². The van der Waals surface area contributed by atoms with E-state index in [-0.39, 0.29) is 0 Å². The summed E-state index contributed by atoms with van der Waals surface area (Å²) in [4.78, 5) is 10.1. The molecule has 0 radical (unpaired) electrons. The van der Waals surface area contributed by atoms with E-state index in [0.29, 0.717) is 0 Å². The molecule has 0 heterocycles. The fraction of sp³-hybridized carbons (Fsp3) is 1.00. The lowest BCUT2D eigenvalue weighted by molar-refractivity contribution is -0.513. The van der Waals surface area contributed by atoms with Crippen molar-refractivity contribution in [1.82, 2.24) is 10.1 Å². The average molecular weight is 176 g/mol. The van der Waals surface area contributed by atoms with Gasteiger partial charge < -0.3 is 0 Å². The van der Waals surface area contributed by atoms with E-state index in [0.717, 1.165) is 26.2 Å². The van der Waals surface area contributed by atoms with Gasteiger partial charge in [-0.2, -0.15) is 10.1 Å². The zero-order chi connectivity index (χ0) is 9.40. The molecule has 0 N–H and O–H groups in total. The maximum atomic E-state index is 5.04. The molecule has 0 aliphatic carbocycles. The second-order valence-electron chi connectivity index (χ2n) is 2.38. The summed E-state index contributed by atoms with van der Waals surface area (Å²) in [6.45, 7) is 11.4. The van der Waals surface area contributed by atoms with Crippen molar-refractivity contribution in [2.75, 3.05) is 26.2 Å². The van der Waals surface area contributed by atoms with Crippen molar-refractivity contribution in [1.29, 1.82) is 0 Å². The fourth-order valence-electron chi connectivity index (χ4n) is 0.752. The summed E-state index contributed by atoms with van der Waals surface area (Å²) in [5.74, 6) is 0. The first kappa shape index (κ1) is 11.8. The minimum absolute atomic E-state index is 0.831. The molecule has 0 amide bonds. The molecule has 0 atom stereocenters. The van der Waals surface area contributed by atoms with Crippen LogP contribution in [0.25, 0.3) is 0 Å². The largest absolute Gasteiger partial charge is 0.156 e. The Bertz CT molecular complexity index is 81.1. The van der Waals surface area contributed by atoms with Crippen LogP contribution in [-0.4, -0.2) is 36.3 Å². The monoisotopic (exact) mass is 176 g/mol. The van der Waals surface area contributed by atoms with Crippen LogP contribution in [0.15, 0.2) is 0 Å². The van der Waals surface area contributed by atoms with Crippen LogP contribution in [0.1, 0.15) is 27.7 Å². The summed E-state index contributed by atoms with van der Waals surface area (Å²) in [6.07, 6.45) is 0. The molecule has 0 aromatic rings. The lowest BCUT2D eigenvalue weighted by Crippen LogP contribution is -2.31. The van der Waals surface area contributed by atoms with E-state index in [2.05, 4.69) is 0 Å². The zero-order valence-electron chi connectivity index (χ0n) is 8.54. The highest BCUT2D eigenvalue weighted by Gasteiger charge is 2.04. The number of nitrogens with zero attached hydrogens (tertiary/aromatic N) is 2. The van der Waals surface area contributed by atoms with Gasteiger partial charge in [-0.1, -0.05) is 0 Å². The van der Waals surface area contributed by atoms with Crippen molar-refractivity contribution >= 4 is 0 Å². The van der Waals surface area contributed by atoms with Gasteiger partial charge in [0.25, 0.3) is 0 Å². The summed E-state index contributed by atoms with van der Waals surface area (Å²) in [6, 6.07) is 0. The fourth-order valence-corrected chi connectivity index (χ4v) is 0.752. The zero-order valence-corrected chi connectivity index (χ0v) is 8.54. The molecule has 0 aromatic carbocycles. The van der Waals surface area contributed by atoms with Gasteiger partial charge in [-0.3, -0.25) is 0 Å². The molecule has 0 rings (SSSR count). The van der Waals surface area contributed by atoms with Crippen LogP contribution < -0.4 is 0 Å². The van der Waals surface area contributed by atoms with Gasteiger partial charge in [-0.25, -0.2) is 0 Å². The molecule has 4 nitrogen and oxygen atoms in total. The minimum Gasteiger partial charge on any atom is -0.156 e. The van der Waals surface area contributed by atoms with Crippen LogP contribution in [0.3, 0.4) is 0 Å². The first-order valence-electron chi connectivity index (χ1n) is 4.63. The molecule has 0 aliphatic rings. The van der Waals surface area contributed by atoms with Gasteiger partial charge in [0, 0.05) is 26.2 Å². The van der Waals surface area contributed by atoms with Crippen molar-refractivity contribution in [3.63, 3.8) is 0 Å². The van der Waals surface area contributed by atoms with Crippen LogP contribution in [0.4, 0.5) is 0 Å². The smallest absolute Gasteiger partial charge is 0.0243 e. The molecule has 12 heavy (non-hydrogen) atoms. The Morgan fingerprint density at radius 2 is 0.917 bits per heavy atom. The SMILES string of the molecule is CCN(CC)OON(CC)CC. The molecule has 0 saturated carbocycles. The summed E-state index contributed by atoms with van der Waals surface area (Å²) < 4.78 is 0. The highest BCUT2D eigenvalue weighted by Crippen LogP contribution is 1.95. The summed E-state index contributed by atoms with van der Waals surface area (Å²) in [7, 11) is 0. The number of hydrogen-bond acceptors (Lipinski definition) is 4. The molecule has 0 unspecified atom stereocenters. The van der Waals surface area contributed by atoms with Crippen LogP contribution in [0, 0.1) is 0 Å². The quantitative estimate of drug-likeness (QED) is 0.433. The Hall–Kier alpha value is -0.160. The molecule has 0 saturated heterocycles. The Balaban J connectivity index is 3.49. The Kier molecular flexibility index (Phi) is 7.39. The van der Waals surface area contributed by atoms with E-state index < -0.39 is 0 Å². The van der Waals surface area contributed by atoms with Gasteiger partial charge in [0.15, 0.2) is 0 Å². The van der Waals surface area contributed by atoms with Gasteiger partial charge in [-0.15, -0.1) is 9.98 Å². The number of hydrogen-bond donors (Lipinski definition) is 0. The number of rotatable bonds is 7. The Morgan fingerprint density at radius 1 is 0.667 bits per heavy atom. The predicted octanol–water partition coefficient (Wildman–Crippen LogP) is 1.45. The van der Waals surface area contributed by atoms with E-state index in [1.807, 2.05) is 27.7 Å². The summed E-state index contributed by atoms with van der Waals surface area (Å²) in [5, 5.41) is 3.50. The molecule has 0 bridgehead atoms. The third-order valence-electron chi connectivity index (χ3n) is 1.65. The molecule has 0 aliphatic heterocycles. The highest BCUT2D eigenvalue weighted by molar-refractivity contribution is 4.31. The molecule has 0 aromatic heterocycles. The lowest BCUT2D eigenvalue weighted by atomic mass is 10.6. The van der Waals surface area contributed by atoms with Gasteiger partial charge in [0.05, 0.1) is 0 Å². The van der Waals surface area contributed by atoms with E-state index in [1.54, 1.807) is 10.1 Å². The van der Waals surface area contributed by atoms with E-state index in [9.17, 15) is 0 Å². The molecular formula is C8H20N2O2. The standard InChI is InChI=1S/C8H20N2O2/c1-5-9(6-2)11-12-10(7-3)8-4/h5-8H2,1-4H3. The first-order chi connectivity index (χ1) is 5.78. The molecular weight excluding hydrogens is 156 g/mol. The van der Waals surface area contributed by atoms with Crippen LogP contribution >= 0.6 is 0 Å². The maximum Gasteiger partial charge on any atom is 0.0243 e. The predicted molar refractivity (Wildman–Crippen MR) is 48.0 cm³/mol. The summed E-state index contributed by atoms with van der Waals surface area (Å²) in [5.41, 5.74) is 0. The molecule has 74 valence electrons. The van der Waals surface area contributed by atoms with Crippen molar-refractivity contribution in [3.8, 4) is 0 Å². The lowest BCUT2D eigenvalue weighted by Gasteiger charge is -2.21. The van der Waals surface area contributed by atoms with E-state index in [1.165, 1.54) is 0 Å². The van der Waals surface area contributed by atoms with Gasteiger partial charge in [0.2, 0.25) is 0 Å². The van der Waals surface area contributed by atoms with Crippen LogP contribution in [0.2, 0.25) is 0 Å². The van der Waals surface area contributed by atoms with Crippen molar-refractivity contribution in [2.45, 2.75) is 27.7 Å². The van der Waals surface area contributed by atoms with Crippen LogP contribution in [0.5, 0.6) is 0 Å². The van der Waals surface area contributed by atoms with Crippen molar-refractivity contribution in [2.24, 2.45) is 0 Å². The third kappa shape index (κ3) is 4.66. The van der Waals surface area contributed by atoms with Crippen LogP contribution in [-0.2, 0) is 9.98 Å². The van der Waals surface area contributed by atoms with Gasteiger partial charge in [-0.05, 0) is 27.7 Å². The topological polar surface area (TPSA) is 24.9 Å². The first-order valence-corrected chi connectivity index (χ1v) is 4.63. The Labute approximate surface area is 74.9 Å². The molecule has 4 heteroatoms. The average Bonchev–Trinajstić information content (AvgIpc) is 2.13. The molecule has 0 spiro atoms. The second-order valence-corrected chi connectivity index (χ2v) is 2.38. The molecule has 0 fully saturated rings. The van der Waals surface area contributed by atoms with E-state index in [4.69, 9.17) is 9.98 Å². The van der Waals surface area contributed by atoms with E-state index >= 15 is 0 Å². The highest BCUT2D eigenvalue weighted by atomic mass is 17.3. The van der Waals surface area contributed by atoms with Crippen molar-refractivity contribution < 1.29 is 9.98 Å². The second kappa shape index (κ2) is 7.49. The van der Waals surface area contributed by atoms with Gasteiger partial charge >= 0.3 is 0 Å². The minimum atomic E-state index is 0.831. The maximum absolute atomic E-state index is 5.04. The number of hydroxylamine groups is 4.